The van der Waals surface area contributed by atoms with Crippen molar-refractivity contribution in [3.63, 3.8) is 0 Å². The molecule has 0 N–H and O–H groups in total. The van der Waals surface area contributed by atoms with Crippen LogP contribution < -0.4 is 4.90 Å². The molecule has 0 bridgehead atoms. The van der Waals surface area contributed by atoms with Crippen molar-refractivity contribution in [1.82, 2.24) is 0 Å². The number of amides is 1. The summed E-state index contributed by atoms with van der Waals surface area (Å²) in [6, 6.07) is 5.75. The quantitative estimate of drug-likeness (QED) is 0.454. The maximum atomic E-state index is 12.3. The molecule has 0 aliphatic rings. The van der Waals surface area contributed by atoms with Crippen LogP contribution in [0.5, 0.6) is 0 Å². The highest BCUT2D eigenvalue weighted by atomic mass is 32.2. The van der Waals surface area contributed by atoms with Crippen molar-refractivity contribution >= 4 is 23.6 Å². The number of thioether (sulfide) groups is 1. The van der Waals surface area contributed by atoms with Gasteiger partial charge in [0.2, 0.25) is 0 Å². The zero-order valence-corrected chi connectivity index (χ0v) is 8.60. The van der Waals surface area contributed by atoms with Gasteiger partial charge in [-0.15, -0.1) is 16.2 Å². The fraction of sp³-hybridized carbons (Fsp3) is 0.222. The standard InChI is InChI=1S/C9H8F3NOS/c1-15-7-4-2-3-6(5-7)13(8(10)11)9(12)14/h2-5,8H,1H3. The summed E-state index contributed by atoms with van der Waals surface area (Å²) in [5.74, 6) is 0. The van der Waals surface area contributed by atoms with Gasteiger partial charge < -0.3 is 0 Å². The molecule has 0 spiro atoms. The van der Waals surface area contributed by atoms with E-state index in [2.05, 4.69) is 0 Å². The summed E-state index contributed by atoms with van der Waals surface area (Å²) in [7, 11) is 0. The van der Waals surface area contributed by atoms with E-state index in [1.807, 2.05) is 0 Å². The highest BCUT2D eigenvalue weighted by Crippen LogP contribution is 2.25. The minimum absolute atomic E-state index is 0.149. The first-order valence-electron chi connectivity index (χ1n) is 3.97. The zero-order valence-electron chi connectivity index (χ0n) is 7.78. The van der Waals surface area contributed by atoms with Gasteiger partial charge >= 0.3 is 12.7 Å². The van der Waals surface area contributed by atoms with E-state index in [1.54, 1.807) is 12.3 Å². The molecular formula is C9H8F3NOS. The van der Waals surface area contributed by atoms with Gasteiger partial charge in [-0.2, -0.15) is 8.78 Å². The molecule has 0 aliphatic heterocycles. The van der Waals surface area contributed by atoms with E-state index in [9.17, 15) is 18.0 Å². The van der Waals surface area contributed by atoms with Gasteiger partial charge in [0.05, 0.1) is 5.69 Å². The average Bonchev–Trinajstić information content (AvgIpc) is 2.17. The molecule has 0 aromatic heterocycles. The molecule has 0 atom stereocenters. The van der Waals surface area contributed by atoms with Gasteiger partial charge in [-0.05, 0) is 24.5 Å². The Balaban J connectivity index is 3.05. The van der Waals surface area contributed by atoms with Crippen LogP contribution in [-0.4, -0.2) is 19.0 Å². The van der Waals surface area contributed by atoms with Crippen LogP contribution in [0.25, 0.3) is 0 Å². The number of anilines is 1. The Morgan fingerprint density at radius 1 is 1.47 bits per heavy atom. The van der Waals surface area contributed by atoms with E-state index in [-0.39, 0.29) is 10.6 Å². The van der Waals surface area contributed by atoms with E-state index in [1.165, 1.54) is 30.0 Å². The Morgan fingerprint density at radius 3 is 2.60 bits per heavy atom. The second-order valence-corrected chi connectivity index (χ2v) is 3.48. The second-order valence-electron chi connectivity index (χ2n) is 2.60. The van der Waals surface area contributed by atoms with Gasteiger partial charge in [-0.1, -0.05) is 6.07 Å². The second kappa shape index (κ2) is 5.06. The summed E-state index contributed by atoms with van der Waals surface area (Å²) in [4.78, 5) is 10.8. The molecule has 0 radical (unpaired) electrons. The number of carbonyl (C=O) groups is 1. The first kappa shape index (κ1) is 11.9. The van der Waals surface area contributed by atoms with Crippen LogP contribution in [0.15, 0.2) is 29.2 Å². The van der Waals surface area contributed by atoms with Gasteiger partial charge in [0, 0.05) is 4.90 Å². The lowest BCUT2D eigenvalue weighted by Crippen LogP contribution is -2.31. The average molecular weight is 235 g/mol. The Hall–Kier alpha value is -1.17. The SMILES string of the molecule is CSc1cccc(N(C(=O)F)C(F)F)c1. The lowest BCUT2D eigenvalue weighted by molar-refractivity contribution is 0.138. The topological polar surface area (TPSA) is 20.3 Å². The van der Waals surface area contributed by atoms with Gasteiger partial charge in [0.1, 0.15) is 0 Å². The zero-order chi connectivity index (χ0) is 11.4. The maximum absolute atomic E-state index is 12.3. The highest BCUT2D eigenvalue weighted by molar-refractivity contribution is 7.98. The molecule has 0 unspecified atom stereocenters. The maximum Gasteiger partial charge on any atom is 0.409 e. The molecule has 15 heavy (non-hydrogen) atoms. The van der Waals surface area contributed by atoms with Crippen molar-refractivity contribution in [1.29, 1.82) is 0 Å². The van der Waals surface area contributed by atoms with Crippen molar-refractivity contribution in [2.45, 2.75) is 11.4 Å². The lowest BCUT2D eigenvalue weighted by Gasteiger charge is -2.17. The van der Waals surface area contributed by atoms with Crippen LogP contribution in [-0.2, 0) is 0 Å². The minimum Gasteiger partial charge on any atom is -0.234 e. The third-order valence-corrected chi connectivity index (χ3v) is 2.44. The van der Waals surface area contributed by atoms with E-state index in [4.69, 9.17) is 0 Å². The van der Waals surface area contributed by atoms with Crippen LogP contribution in [0.1, 0.15) is 0 Å². The number of hydrogen-bond acceptors (Lipinski definition) is 2. The van der Waals surface area contributed by atoms with Gasteiger partial charge in [-0.25, -0.2) is 9.69 Å². The number of nitrogens with zero attached hydrogens (tertiary/aromatic N) is 1. The number of alkyl halides is 2. The van der Waals surface area contributed by atoms with Gasteiger partial charge in [0.15, 0.2) is 0 Å². The van der Waals surface area contributed by atoms with Crippen LogP contribution in [0.4, 0.5) is 23.7 Å². The number of carbonyl (C=O) groups excluding carboxylic acids is 1. The van der Waals surface area contributed by atoms with Crippen molar-refractivity contribution in [3.05, 3.63) is 24.3 Å². The molecule has 6 heteroatoms. The van der Waals surface area contributed by atoms with Crippen molar-refractivity contribution in [2.75, 3.05) is 11.2 Å². The first-order chi connectivity index (χ1) is 7.06. The monoisotopic (exact) mass is 235 g/mol. The van der Waals surface area contributed by atoms with Crippen LogP contribution in [0, 0.1) is 0 Å². The summed E-state index contributed by atoms with van der Waals surface area (Å²) < 4.78 is 37.0. The number of benzene rings is 1. The largest absolute Gasteiger partial charge is 0.409 e. The Labute approximate surface area is 89.1 Å². The smallest absolute Gasteiger partial charge is 0.234 e. The van der Waals surface area contributed by atoms with E-state index in [0.717, 1.165) is 0 Å². The van der Waals surface area contributed by atoms with E-state index < -0.39 is 12.7 Å². The number of rotatable bonds is 3. The van der Waals surface area contributed by atoms with Crippen molar-refractivity contribution in [2.24, 2.45) is 0 Å². The molecule has 1 amide bonds. The lowest BCUT2D eigenvalue weighted by atomic mass is 10.3. The van der Waals surface area contributed by atoms with Crippen molar-refractivity contribution in [3.8, 4) is 0 Å². The van der Waals surface area contributed by atoms with Crippen LogP contribution >= 0.6 is 11.8 Å². The third kappa shape index (κ3) is 2.89. The molecule has 82 valence electrons. The fourth-order valence-electron chi connectivity index (χ4n) is 1.05. The Morgan fingerprint density at radius 2 is 2.13 bits per heavy atom. The summed E-state index contributed by atoms with van der Waals surface area (Å²) in [5.41, 5.74) is -0.149. The van der Waals surface area contributed by atoms with E-state index >= 15 is 0 Å². The number of halogens is 3. The highest BCUT2D eigenvalue weighted by Gasteiger charge is 2.24. The summed E-state index contributed by atoms with van der Waals surface area (Å²) >= 11 is 1.32. The van der Waals surface area contributed by atoms with Crippen LogP contribution in [0.2, 0.25) is 0 Å². The minimum atomic E-state index is -3.18. The molecule has 0 fully saturated rings. The molecular weight excluding hydrogens is 227 g/mol. The summed E-state index contributed by atoms with van der Waals surface area (Å²) in [6.45, 7) is -3.18. The normalized spacial score (nSPS) is 10.5. The molecule has 0 heterocycles. The van der Waals surface area contributed by atoms with Crippen LogP contribution in [0.3, 0.4) is 0 Å². The molecule has 1 aromatic carbocycles. The van der Waals surface area contributed by atoms with Gasteiger partial charge in [0.25, 0.3) is 0 Å². The first-order valence-corrected chi connectivity index (χ1v) is 5.19. The van der Waals surface area contributed by atoms with Gasteiger partial charge in [-0.3, -0.25) is 0 Å². The Bertz CT molecular complexity index is 359. The molecule has 0 saturated carbocycles. The third-order valence-electron chi connectivity index (χ3n) is 1.72. The summed E-state index contributed by atoms with van der Waals surface area (Å²) in [5, 5.41) is 0. The molecule has 1 aromatic rings. The number of hydrogen-bond donors (Lipinski definition) is 0. The molecule has 2 nitrogen and oxygen atoms in total. The Kier molecular flexibility index (Phi) is 4.02. The molecule has 0 aliphatic carbocycles. The molecule has 1 rings (SSSR count). The van der Waals surface area contributed by atoms with E-state index in [0.29, 0.717) is 4.90 Å². The van der Waals surface area contributed by atoms with Crippen molar-refractivity contribution < 1.29 is 18.0 Å². The predicted molar refractivity (Wildman–Crippen MR) is 53.2 cm³/mol. The fourth-order valence-corrected chi connectivity index (χ4v) is 1.50. The molecule has 0 saturated heterocycles. The predicted octanol–water partition coefficient (Wildman–Crippen LogP) is 3.53. The summed E-state index contributed by atoms with van der Waals surface area (Å²) in [6.07, 6.45) is -0.411.